The van der Waals surface area contributed by atoms with Gasteiger partial charge in [0.2, 0.25) is 5.16 Å². The molecule has 126 valence electrons. The van der Waals surface area contributed by atoms with E-state index in [0.29, 0.717) is 17.5 Å². The van der Waals surface area contributed by atoms with E-state index >= 15 is 0 Å². The van der Waals surface area contributed by atoms with Crippen LogP contribution in [0.5, 0.6) is 0 Å². The fourth-order valence-corrected chi connectivity index (χ4v) is 3.92. The molecule has 1 atom stereocenters. The number of nitrogens with zero attached hydrogens (tertiary/aromatic N) is 2. The second-order valence-electron chi connectivity index (χ2n) is 6.13. The number of hydrogen-bond donors (Lipinski definition) is 1. The Kier molecular flexibility index (Phi) is 5.41. The van der Waals surface area contributed by atoms with Crippen molar-refractivity contribution in [1.29, 1.82) is 0 Å². The van der Waals surface area contributed by atoms with Crippen LogP contribution in [0.15, 0.2) is 42.1 Å². The zero-order valence-corrected chi connectivity index (χ0v) is 14.9. The van der Waals surface area contributed by atoms with Crippen LogP contribution in [0.2, 0.25) is 0 Å². The van der Waals surface area contributed by atoms with Gasteiger partial charge in [0.15, 0.2) is 0 Å². The van der Waals surface area contributed by atoms with Crippen molar-refractivity contribution in [2.24, 2.45) is 0 Å². The van der Waals surface area contributed by atoms with Gasteiger partial charge in [0.25, 0.3) is 0 Å². The van der Waals surface area contributed by atoms with Crippen LogP contribution in [0, 0.1) is 6.92 Å². The molecule has 1 N–H and O–H groups in total. The number of nitrogens with one attached hydrogen (secondary N) is 1. The summed E-state index contributed by atoms with van der Waals surface area (Å²) in [5, 5.41) is 3.72. The predicted molar refractivity (Wildman–Crippen MR) is 98.7 cm³/mol. The number of aromatic nitrogens is 2. The molecule has 1 aliphatic carbocycles. The van der Waals surface area contributed by atoms with Crippen LogP contribution in [-0.2, 0) is 29.4 Å². The van der Waals surface area contributed by atoms with Crippen LogP contribution in [0.4, 0.5) is 5.82 Å². The van der Waals surface area contributed by atoms with Crippen molar-refractivity contribution < 1.29 is 4.21 Å². The molecule has 0 aliphatic heterocycles. The van der Waals surface area contributed by atoms with Crippen molar-refractivity contribution in [3.05, 3.63) is 59.3 Å². The second kappa shape index (κ2) is 7.71. The number of aryl methyl sites for hydroxylation is 2. The minimum absolute atomic E-state index is 0.433. The average molecular weight is 341 g/mol. The van der Waals surface area contributed by atoms with Crippen LogP contribution in [0.1, 0.15) is 35.2 Å². The van der Waals surface area contributed by atoms with Crippen molar-refractivity contribution in [1.82, 2.24) is 9.97 Å². The van der Waals surface area contributed by atoms with Crippen molar-refractivity contribution in [2.75, 3.05) is 11.9 Å². The lowest BCUT2D eigenvalue weighted by molar-refractivity contribution is 0.641. The Bertz CT molecular complexity index is 756. The molecule has 0 fully saturated rings. The van der Waals surface area contributed by atoms with Gasteiger partial charge in [-0.2, -0.15) is 0 Å². The highest BCUT2D eigenvalue weighted by Crippen LogP contribution is 2.26. The SMILES string of the molecule is C=CCNc1nc([S@@](=O)Cc2ccc(C)cc2)nc2c1CCCC2. The van der Waals surface area contributed by atoms with Gasteiger partial charge >= 0.3 is 0 Å². The van der Waals surface area contributed by atoms with Crippen LogP contribution in [-0.4, -0.2) is 20.7 Å². The molecule has 0 saturated heterocycles. The van der Waals surface area contributed by atoms with E-state index < -0.39 is 10.8 Å². The summed E-state index contributed by atoms with van der Waals surface area (Å²) < 4.78 is 12.7. The van der Waals surface area contributed by atoms with E-state index in [1.54, 1.807) is 6.08 Å². The Morgan fingerprint density at radius 3 is 2.71 bits per heavy atom. The quantitative estimate of drug-likeness (QED) is 0.645. The zero-order valence-electron chi connectivity index (χ0n) is 14.0. The van der Waals surface area contributed by atoms with E-state index in [-0.39, 0.29) is 0 Å². The Balaban J connectivity index is 1.87. The van der Waals surface area contributed by atoms with Gasteiger partial charge in [0.1, 0.15) is 5.82 Å². The molecule has 1 heterocycles. The van der Waals surface area contributed by atoms with Crippen LogP contribution >= 0.6 is 0 Å². The summed E-state index contributed by atoms with van der Waals surface area (Å²) in [5.41, 5.74) is 4.47. The molecule has 1 aromatic heterocycles. The minimum Gasteiger partial charge on any atom is -0.366 e. The maximum Gasteiger partial charge on any atom is 0.221 e. The monoisotopic (exact) mass is 341 g/mol. The highest BCUT2D eigenvalue weighted by molar-refractivity contribution is 7.84. The Morgan fingerprint density at radius 1 is 1.21 bits per heavy atom. The van der Waals surface area contributed by atoms with Crippen molar-refractivity contribution in [3.63, 3.8) is 0 Å². The maximum absolute atomic E-state index is 12.7. The van der Waals surface area contributed by atoms with E-state index in [9.17, 15) is 4.21 Å². The topological polar surface area (TPSA) is 54.9 Å². The molecule has 5 heteroatoms. The summed E-state index contributed by atoms with van der Waals surface area (Å²) in [4.78, 5) is 9.19. The summed E-state index contributed by atoms with van der Waals surface area (Å²) in [6.07, 6.45) is 6.02. The lowest BCUT2D eigenvalue weighted by Crippen LogP contribution is -2.16. The first-order valence-electron chi connectivity index (χ1n) is 8.36. The number of hydrogen-bond acceptors (Lipinski definition) is 4. The first-order chi connectivity index (χ1) is 11.7. The normalized spacial score (nSPS) is 14.7. The highest BCUT2D eigenvalue weighted by Gasteiger charge is 2.20. The number of benzene rings is 1. The Hall–Kier alpha value is -2.01. The van der Waals surface area contributed by atoms with Gasteiger partial charge in [-0.05, 0) is 38.2 Å². The van der Waals surface area contributed by atoms with Crippen LogP contribution < -0.4 is 5.32 Å². The third-order valence-electron chi connectivity index (χ3n) is 4.20. The molecular weight excluding hydrogens is 318 g/mol. The molecule has 1 aromatic carbocycles. The van der Waals surface area contributed by atoms with Gasteiger partial charge in [-0.25, -0.2) is 9.97 Å². The van der Waals surface area contributed by atoms with Crippen LogP contribution in [0.25, 0.3) is 0 Å². The van der Waals surface area contributed by atoms with Gasteiger partial charge in [0, 0.05) is 12.1 Å². The van der Waals surface area contributed by atoms with Crippen molar-refractivity contribution >= 4 is 16.6 Å². The van der Waals surface area contributed by atoms with Gasteiger partial charge in [-0.15, -0.1) is 6.58 Å². The molecule has 0 bridgehead atoms. The molecule has 3 rings (SSSR count). The predicted octanol–water partition coefficient (Wildman–Crippen LogP) is 3.57. The molecule has 0 radical (unpaired) electrons. The molecule has 1 aliphatic rings. The van der Waals surface area contributed by atoms with Gasteiger partial charge in [-0.1, -0.05) is 35.9 Å². The molecule has 0 unspecified atom stereocenters. The number of fused-ring (bicyclic) bond motifs is 1. The second-order valence-corrected chi connectivity index (χ2v) is 7.48. The molecule has 0 spiro atoms. The number of anilines is 1. The van der Waals surface area contributed by atoms with E-state index in [4.69, 9.17) is 0 Å². The van der Waals surface area contributed by atoms with E-state index in [0.717, 1.165) is 42.8 Å². The maximum atomic E-state index is 12.7. The summed E-state index contributed by atoms with van der Waals surface area (Å²) in [6, 6.07) is 8.11. The first kappa shape index (κ1) is 16.8. The minimum atomic E-state index is -1.24. The third-order valence-corrected chi connectivity index (χ3v) is 5.38. The lowest BCUT2D eigenvalue weighted by Gasteiger charge is -2.19. The summed E-state index contributed by atoms with van der Waals surface area (Å²) >= 11 is 0. The van der Waals surface area contributed by atoms with Gasteiger partial charge in [-0.3, -0.25) is 4.21 Å². The van der Waals surface area contributed by atoms with Gasteiger partial charge < -0.3 is 5.32 Å². The summed E-state index contributed by atoms with van der Waals surface area (Å²) in [5.74, 6) is 1.27. The lowest BCUT2D eigenvalue weighted by atomic mass is 9.96. The standard InChI is InChI=1S/C19H23N3OS/c1-3-12-20-18-16-6-4-5-7-17(16)21-19(22-18)24(23)13-15-10-8-14(2)9-11-15/h3,8-11H,1,4-7,12-13H2,2H3,(H,20,21,22)/t24-/m0/s1. The molecule has 4 nitrogen and oxygen atoms in total. The first-order valence-corrected chi connectivity index (χ1v) is 9.67. The summed E-state index contributed by atoms with van der Waals surface area (Å²) in [7, 11) is -1.24. The van der Waals surface area contributed by atoms with Crippen molar-refractivity contribution in [2.45, 2.75) is 43.5 Å². The Morgan fingerprint density at radius 2 is 1.96 bits per heavy atom. The average Bonchev–Trinajstić information content (AvgIpc) is 2.61. The van der Waals surface area contributed by atoms with E-state index in [1.165, 1.54) is 11.1 Å². The smallest absolute Gasteiger partial charge is 0.221 e. The third kappa shape index (κ3) is 3.90. The fraction of sp³-hybridized carbons (Fsp3) is 0.368. The molecule has 24 heavy (non-hydrogen) atoms. The van der Waals surface area contributed by atoms with E-state index in [2.05, 4.69) is 21.9 Å². The Labute approximate surface area is 145 Å². The van der Waals surface area contributed by atoms with Crippen molar-refractivity contribution in [3.8, 4) is 0 Å². The molecule has 2 aromatic rings. The highest BCUT2D eigenvalue weighted by atomic mass is 32.2. The fourth-order valence-electron chi connectivity index (χ4n) is 2.89. The molecule has 0 amide bonds. The summed E-state index contributed by atoms with van der Waals surface area (Å²) in [6.45, 7) is 6.44. The van der Waals surface area contributed by atoms with E-state index in [1.807, 2.05) is 31.2 Å². The molecular formula is C19H23N3OS. The molecule has 0 saturated carbocycles. The number of rotatable bonds is 6. The van der Waals surface area contributed by atoms with Gasteiger partial charge in [0.05, 0.1) is 22.2 Å². The van der Waals surface area contributed by atoms with Crippen LogP contribution in [0.3, 0.4) is 0 Å². The zero-order chi connectivity index (χ0) is 16.9. The largest absolute Gasteiger partial charge is 0.366 e.